The Morgan fingerprint density at radius 1 is 1.00 bits per heavy atom. The van der Waals surface area contributed by atoms with Crippen molar-refractivity contribution < 1.29 is 22.3 Å². The van der Waals surface area contributed by atoms with Crippen LogP contribution in [0, 0.1) is 0 Å². The number of rotatable bonds is 6. The van der Waals surface area contributed by atoms with Gasteiger partial charge in [-0.15, -0.1) is 0 Å². The summed E-state index contributed by atoms with van der Waals surface area (Å²) in [7, 11) is -3.88. The fraction of sp³-hybridized carbons (Fsp3) is 0.214. The topological polar surface area (TPSA) is 67.5 Å². The number of ether oxygens (including phenoxy) is 1. The monoisotopic (exact) mass is 294 g/mol. The van der Waals surface area contributed by atoms with Crippen molar-refractivity contribution in [3.63, 3.8) is 0 Å². The molecule has 0 spiro atoms. The maximum Gasteiger partial charge on any atom is 0.265 e. The van der Waals surface area contributed by atoms with E-state index in [-0.39, 0.29) is 5.75 Å². The quantitative estimate of drug-likeness (QED) is 0.654. The highest BCUT2D eigenvalue weighted by Crippen LogP contribution is 2.18. The number of aromatic nitrogens is 1. The van der Waals surface area contributed by atoms with Crippen molar-refractivity contribution >= 4 is 10.1 Å². The molecule has 0 aliphatic carbocycles. The average molecular weight is 294 g/mol. The number of para-hydroxylation sites is 1. The Labute approximate surface area is 118 Å². The van der Waals surface area contributed by atoms with E-state index in [9.17, 15) is 8.42 Å². The van der Waals surface area contributed by atoms with Gasteiger partial charge in [0.1, 0.15) is 18.0 Å². The zero-order valence-corrected chi connectivity index (χ0v) is 11.7. The van der Waals surface area contributed by atoms with Crippen molar-refractivity contribution in [2.45, 2.75) is 13.0 Å². The highest BCUT2D eigenvalue weighted by molar-refractivity contribution is 7.85. The van der Waals surface area contributed by atoms with Crippen LogP contribution in [0.15, 0.2) is 54.9 Å². The summed E-state index contributed by atoms with van der Waals surface area (Å²) in [6, 6.07) is 13.1. The van der Waals surface area contributed by atoms with Crippen molar-refractivity contribution in [1.29, 1.82) is 0 Å². The van der Waals surface area contributed by atoms with Crippen LogP contribution in [0.1, 0.15) is 6.42 Å². The predicted octanol–water partition coefficient (Wildman–Crippen LogP) is 2.04. The Hall–Kier alpha value is -1.92. The van der Waals surface area contributed by atoms with Crippen molar-refractivity contribution in [3.05, 3.63) is 54.9 Å². The minimum Gasteiger partial charge on any atom is -0.457 e. The molecule has 0 atom stereocenters. The first-order valence-electron chi connectivity index (χ1n) is 6.20. The third kappa shape index (κ3) is 4.99. The third-order valence-electron chi connectivity index (χ3n) is 2.66. The summed E-state index contributed by atoms with van der Waals surface area (Å²) >= 11 is 0. The summed E-state index contributed by atoms with van der Waals surface area (Å²) in [5, 5.41) is 0. The highest BCUT2D eigenvalue weighted by atomic mass is 32.2. The number of aryl methyl sites for hydroxylation is 1. The molecule has 0 aliphatic rings. The summed E-state index contributed by atoms with van der Waals surface area (Å²) in [5.41, 5.74) is 0. The van der Waals surface area contributed by atoms with Gasteiger partial charge in [-0.05, 0) is 12.1 Å². The number of benzene rings is 1. The second-order valence-electron chi connectivity index (χ2n) is 4.33. The van der Waals surface area contributed by atoms with Gasteiger partial charge in [0.05, 0.1) is 5.75 Å². The standard InChI is InChI=1S/C14H15NO4S/c16-20(17,18)12-4-9-15-10-7-14(8-11-15)19-13-5-2-1-3-6-13/h1-3,5-8,10-11H,4,9,12H2/p+1. The second kappa shape index (κ2) is 6.49. The normalized spacial score (nSPS) is 11.2. The number of hydrogen-bond donors (Lipinski definition) is 1. The Morgan fingerprint density at radius 3 is 2.20 bits per heavy atom. The molecule has 6 heteroatoms. The Balaban J connectivity index is 1.90. The molecule has 0 radical (unpaired) electrons. The van der Waals surface area contributed by atoms with Gasteiger partial charge in [0.15, 0.2) is 12.4 Å². The molecule has 1 heterocycles. The summed E-state index contributed by atoms with van der Waals surface area (Å²) < 4.78 is 37.3. The fourth-order valence-electron chi connectivity index (χ4n) is 1.71. The molecular formula is C14H16NO4S+. The lowest BCUT2D eigenvalue weighted by Crippen LogP contribution is -2.33. The lowest BCUT2D eigenvalue weighted by atomic mass is 10.3. The largest absolute Gasteiger partial charge is 0.457 e. The average Bonchev–Trinajstić information content (AvgIpc) is 2.41. The zero-order valence-electron chi connectivity index (χ0n) is 10.8. The van der Waals surface area contributed by atoms with E-state index in [1.54, 1.807) is 12.1 Å². The maximum absolute atomic E-state index is 10.6. The van der Waals surface area contributed by atoms with E-state index in [0.717, 1.165) is 5.75 Å². The van der Waals surface area contributed by atoms with Crippen molar-refractivity contribution in [1.82, 2.24) is 0 Å². The van der Waals surface area contributed by atoms with Crippen LogP contribution in [0.25, 0.3) is 0 Å². The van der Waals surface area contributed by atoms with Crippen LogP contribution < -0.4 is 9.30 Å². The molecule has 0 fully saturated rings. The van der Waals surface area contributed by atoms with Gasteiger partial charge in [0.2, 0.25) is 0 Å². The van der Waals surface area contributed by atoms with Crippen LogP contribution in [0.3, 0.4) is 0 Å². The second-order valence-corrected chi connectivity index (χ2v) is 5.90. The van der Waals surface area contributed by atoms with Gasteiger partial charge < -0.3 is 4.74 Å². The number of nitrogens with zero attached hydrogens (tertiary/aromatic N) is 1. The maximum atomic E-state index is 10.6. The van der Waals surface area contributed by atoms with Crippen LogP contribution in [-0.4, -0.2) is 18.7 Å². The van der Waals surface area contributed by atoms with Crippen LogP contribution in [-0.2, 0) is 16.7 Å². The van der Waals surface area contributed by atoms with E-state index in [1.807, 2.05) is 47.3 Å². The van der Waals surface area contributed by atoms with E-state index in [1.165, 1.54) is 0 Å². The van der Waals surface area contributed by atoms with Gasteiger partial charge >= 0.3 is 0 Å². The number of pyridine rings is 1. The summed E-state index contributed by atoms with van der Waals surface area (Å²) in [6.45, 7) is 0.519. The fourth-order valence-corrected chi connectivity index (χ4v) is 2.21. The molecule has 1 aromatic heterocycles. The van der Waals surface area contributed by atoms with Crippen molar-refractivity contribution in [2.24, 2.45) is 0 Å². The lowest BCUT2D eigenvalue weighted by molar-refractivity contribution is -0.696. The summed E-state index contributed by atoms with van der Waals surface area (Å²) in [6.07, 6.45) is 3.98. The van der Waals surface area contributed by atoms with E-state index < -0.39 is 10.1 Å². The molecule has 2 aromatic rings. The van der Waals surface area contributed by atoms with Gasteiger partial charge in [-0.1, -0.05) is 18.2 Å². The van der Waals surface area contributed by atoms with E-state index in [0.29, 0.717) is 18.7 Å². The Morgan fingerprint density at radius 2 is 1.60 bits per heavy atom. The first-order valence-corrected chi connectivity index (χ1v) is 7.81. The molecule has 0 aliphatic heterocycles. The van der Waals surface area contributed by atoms with Crippen molar-refractivity contribution in [2.75, 3.05) is 5.75 Å². The molecule has 0 bridgehead atoms. The minimum atomic E-state index is -3.88. The molecule has 5 nitrogen and oxygen atoms in total. The Kier molecular flexibility index (Phi) is 4.70. The highest BCUT2D eigenvalue weighted by Gasteiger charge is 2.07. The van der Waals surface area contributed by atoms with Crippen LogP contribution >= 0.6 is 0 Å². The molecule has 1 aromatic carbocycles. The number of hydrogen-bond acceptors (Lipinski definition) is 3. The molecule has 1 N–H and O–H groups in total. The SMILES string of the molecule is O=S(=O)(O)CCC[n+]1ccc(Oc2ccccc2)cc1. The molecular weight excluding hydrogens is 278 g/mol. The molecule has 0 saturated heterocycles. The minimum absolute atomic E-state index is 0.234. The summed E-state index contributed by atoms with van der Waals surface area (Å²) in [4.78, 5) is 0. The molecule has 2 rings (SSSR count). The van der Waals surface area contributed by atoms with E-state index in [2.05, 4.69) is 0 Å². The third-order valence-corrected chi connectivity index (χ3v) is 3.46. The molecule has 0 saturated carbocycles. The van der Waals surface area contributed by atoms with Crippen LogP contribution in [0.5, 0.6) is 11.5 Å². The van der Waals surface area contributed by atoms with Gasteiger partial charge in [0.25, 0.3) is 10.1 Å². The van der Waals surface area contributed by atoms with Gasteiger partial charge in [-0.3, -0.25) is 4.55 Å². The smallest absolute Gasteiger partial charge is 0.265 e. The molecule has 20 heavy (non-hydrogen) atoms. The zero-order chi connectivity index (χ0) is 14.4. The first-order chi connectivity index (χ1) is 9.53. The summed E-state index contributed by atoms with van der Waals surface area (Å²) in [5.74, 6) is 1.24. The first kappa shape index (κ1) is 14.5. The van der Waals surface area contributed by atoms with Crippen LogP contribution in [0.4, 0.5) is 0 Å². The van der Waals surface area contributed by atoms with Crippen LogP contribution in [0.2, 0.25) is 0 Å². The Bertz CT molecular complexity index is 639. The van der Waals surface area contributed by atoms with E-state index in [4.69, 9.17) is 9.29 Å². The van der Waals surface area contributed by atoms with Gasteiger partial charge in [-0.25, -0.2) is 4.57 Å². The molecule has 0 amide bonds. The van der Waals surface area contributed by atoms with Gasteiger partial charge in [0, 0.05) is 18.6 Å². The van der Waals surface area contributed by atoms with Gasteiger partial charge in [-0.2, -0.15) is 8.42 Å². The van der Waals surface area contributed by atoms with E-state index >= 15 is 0 Å². The predicted molar refractivity (Wildman–Crippen MR) is 74.2 cm³/mol. The molecule has 0 unspecified atom stereocenters. The lowest BCUT2D eigenvalue weighted by Gasteiger charge is -2.04. The molecule has 106 valence electrons. The van der Waals surface area contributed by atoms with Crippen molar-refractivity contribution in [3.8, 4) is 11.5 Å².